The highest BCUT2D eigenvalue weighted by atomic mass is 16.3. The van der Waals surface area contributed by atoms with Crippen molar-refractivity contribution < 1.29 is 4.42 Å². The van der Waals surface area contributed by atoms with Crippen molar-refractivity contribution >= 4 is 39.0 Å². The van der Waals surface area contributed by atoms with E-state index in [1.54, 1.807) is 0 Å². The highest BCUT2D eigenvalue weighted by Crippen LogP contribution is 2.49. The first-order chi connectivity index (χ1) is 29.0. The summed E-state index contributed by atoms with van der Waals surface area (Å²) in [6.45, 7) is 4.67. The minimum Gasteiger partial charge on any atom is -0.456 e. The summed E-state index contributed by atoms with van der Waals surface area (Å²) in [5.74, 6) is 0. The second kappa shape index (κ2) is 13.9. The Labute approximate surface area is 345 Å². The van der Waals surface area contributed by atoms with Gasteiger partial charge in [0.2, 0.25) is 0 Å². The molecule has 0 saturated heterocycles. The molecule has 1 aromatic heterocycles. The Balaban J connectivity index is 0.902. The number of nitrogens with zero attached hydrogens (tertiary/aromatic N) is 1. The monoisotopic (exact) mass is 755 g/mol. The van der Waals surface area contributed by atoms with Gasteiger partial charge in [0, 0.05) is 33.2 Å². The summed E-state index contributed by atoms with van der Waals surface area (Å²) in [4.78, 5) is 2.33. The molecular weight excluding hydrogens is 715 g/mol. The quantitative estimate of drug-likeness (QED) is 0.161. The molecule has 9 aromatic carbocycles. The SMILES string of the molecule is CC1(C)c2ccccc2-c2cc(-c3ccc(-c4ccc(N(c5ccc(-c6ccccc6)cc5)c5ccc(-c6ccc7c(c6)oc6ccccc67)cc5)cc4)cc3)ccc21. The standard InChI is InChI=1S/C57H41NO/c1-57(2)53-14-8-6-12-49(53)52-36-44(27-35-54(52)57)42-18-16-39(17-19-42)41-22-30-47(31-23-41)58(46-28-20-40(21-29-46)38-10-4-3-5-11-38)48-32-24-43(25-33-48)45-26-34-51-50-13-7-9-15-55(50)59-56(51)37-45/h3-37H,1-2H3. The van der Waals surface area contributed by atoms with Crippen LogP contribution in [0.4, 0.5) is 17.1 Å². The van der Waals surface area contributed by atoms with E-state index < -0.39 is 0 Å². The van der Waals surface area contributed by atoms with E-state index in [4.69, 9.17) is 4.42 Å². The Morgan fingerprint density at radius 2 is 0.746 bits per heavy atom. The summed E-state index contributed by atoms with van der Waals surface area (Å²) in [5, 5.41) is 2.28. The first kappa shape index (κ1) is 34.8. The van der Waals surface area contributed by atoms with Crippen LogP contribution in [0.3, 0.4) is 0 Å². The minimum absolute atomic E-state index is 0.0113. The number of fused-ring (bicyclic) bond motifs is 6. The smallest absolute Gasteiger partial charge is 0.136 e. The van der Waals surface area contributed by atoms with Crippen molar-refractivity contribution in [2.24, 2.45) is 0 Å². The summed E-state index contributed by atoms with van der Waals surface area (Å²) in [5.41, 5.74) is 20.1. The largest absolute Gasteiger partial charge is 0.456 e. The molecule has 0 amide bonds. The molecule has 1 heterocycles. The maximum absolute atomic E-state index is 6.22. The fourth-order valence-corrected chi connectivity index (χ4v) is 9.15. The summed E-state index contributed by atoms with van der Waals surface area (Å²) < 4.78 is 6.22. The van der Waals surface area contributed by atoms with E-state index in [1.165, 1.54) is 55.6 Å². The lowest BCUT2D eigenvalue weighted by Crippen LogP contribution is -2.14. The molecule has 1 aliphatic carbocycles. The number of rotatable bonds is 7. The molecule has 11 rings (SSSR count). The minimum atomic E-state index is 0.0113. The first-order valence-electron chi connectivity index (χ1n) is 20.4. The molecule has 0 N–H and O–H groups in total. The molecule has 0 bridgehead atoms. The number of furan rings is 1. The van der Waals surface area contributed by atoms with Gasteiger partial charge in [-0.05, 0) is 127 Å². The van der Waals surface area contributed by atoms with Gasteiger partial charge in [0.1, 0.15) is 11.2 Å². The maximum Gasteiger partial charge on any atom is 0.136 e. The second-order valence-electron chi connectivity index (χ2n) is 16.2. The molecule has 1 aliphatic rings. The van der Waals surface area contributed by atoms with Crippen LogP contribution in [-0.2, 0) is 5.41 Å². The highest BCUT2D eigenvalue weighted by molar-refractivity contribution is 6.06. The van der Waals surface area contributed by atoms with Gasteiger partial charge in [0.25, 0.3) is 0 Å². The van der Waals surface area contributed by atoms with Crippen molar-refractivity contribution in [1.82, 2.24) is 0 Å². The van der Waals surface area contributed by atoms with Gasteiger partial charge in [0.05, 0.1) is 0 Å². The Morgan fingerprint density at radius 1 is 0.322 bits per heavy atom. The van der Waals surface area contributed by atoms with Gasteiger partial charge in [-0.3, -0.25) is 0 Å². The van der Waals surface area contributed by atoms with Crippen molar-refractivity contribution in [3.8, 4) is 55.6 Å². The molecule has 0 aliphatic heterocycles. The lowest BCUT2D eigenvalue weighted by molar-refractivity contribution is 0.660. The molecule has 0 radical (unpaired) electrons. The van der Waals surface area contributed by atoms with Crippen molar-refractivity contribution in [3.05, 3.63) is 223 Å². The number of benzene rings is 9. The molecule has 10 aromatic rings. The zero-order valence-corrected chi connectivity index (χ0v) is 33.1. The van der Waals surface area contributed by atoms with Crippen LogP contribution in [0, 0.1) is 0 Å². The van der Waals surface area contributed by atoms with E-state index in [9.17, 15) is 0 Å². The summed E-state index contributed by atoms with van der Waals surface area (Å²) in [7, 11) is 0. The third-order valence-corrected chi connectivity index (χ3v) is 12.3. The van der Waals surface area contributed by atoms with Crippen LogP contribution < -0.4 is 4.90 Å². The highest BCUT2D eigenvalue weighted by Gasteiger charge is 2.35. The van der Waals surface area contributed by atoms with Crippen molar-refractivity contribution in [1.29, 1.82) is 0 Å². The van der Waals surface area contributed by atoms with Crippen LogP contribution in [0.1, 0.15) is 25.0 Å². The summed E-state index contributed by atoms with van der Waals surface area (Å²) >= 11 is 0. The topological polar surface area (TPSA) is 16.4 Å². The van der Waals surface area contributed by atoms with E-state index in [-0.39, 0.29) is 5.41 Å². The molecule has 2 heteroatoms. The molecule has 0 atom stereocenters. The molecule has 0 fully saturated rings. The normalized spacial score (nSPS) is 12.7. The zero-order valence-electron chi connectivity index (χ0n) is 33.1. The van der Waals surface area contributed by atoms with Gasteiger partial charge in [-0.25, -0.2) is 0 Å². The van der Waals surface area contributed by atoms with Gasteiger partial charge in [-0.15, -0.1) is 0 Å². The van der Waals surface area contributed by atoms with Gasteiger partial charge in [-0.2, -0.15) is 0 Å². The van der Waals surface area contributed by atoms with Crippen LogP contribution in [0.5, 0.6) is 0 Å². The van der Waals surface area contributed by atoms with E-state index in [2.05, 4.69) is 219 Å². The third-order valence-electron chi connectivity index (χ3n) is 12.3. The molecular formula is C57H41NO. The zero-order chi connectivity index (χ0) is 39.5. The average Bonchev–Trinajstić information content (AvgIpc) is 3.78. The van der Waals surface area contributed by atoms with E-state index in [0.717, 1.165) is 50.1 Å². The Morgan fingerprint density at radius 3 is 1.37 bits per heavy atom. The second-order valence-corrected chi connectivity index (χ2v) is 16.2. The fraction of sp³-hybridized carbons (Fsp3) is 0.0526. The Hall–Kier alpha value is -7.42. The lowest BCUT2D eigenvalue weighted by Gasteiger charge is -2.26. The number of anilines is 3. The summed E-state index contributed by atoms with van der Waals surface area (Å²) in [6, 6.07) is 76.8. The maximum atomic E-state index is 6.22. The van der Waals surface area contributed by atoms with Crippen LogP contribution >= 0.6 is 0 Å². The lowest BCUT2D eigenvalue weighted by atomic mass is 9.82. The van der Waals surface area contributed by atoms with Crippen LogP contribution in [0.2, 0.25) is 0 Å². The average molecular weight is 756 g/mol. The Bertz CT molecular complexity index is 3140. The number of hydrogen-bond donors (Lipinski definition) is 0. The van der Waals surface area contributed by atoms with Crippen molar-refractivity contribution in [3.63, 3.8) is 0 Å². The van der Waals surface area contributed by atoms with E-state index >= 15 is 0 Å². The third kappa shape index (κ3) is 6.04. The van der Waals surface area contributed by atoms with Crippen LogP contribution in [0.15, 0.2) is 217 Å². The first-order valence-corrected chi connectivity index (χ1v) is 20.4. The molecule has 2 nitrogen and oxygen atoms in total. The van der Waals surface area contributed by atoms with Gasteiger partial charge in [-0.1, -0.05) is 166 Å². The molecule has 280 valence electrons. The van der Waals surface area contributed by atoms with E-state index in [1.807, 2.05) is 12.1 Å². The fourth-order valence-electron chi connectivity index (χ4n) is 9.15. The van der Waals surface area contributed by atoms with Crippen LogP contribution in [0.25, 0.3) is 77.6 Å². The van der Waals surface area contributed by atoms with Gasteiger partial charge in [0.15, 0.2) is 0 Å². The van der Waals surface area contributed by atoms with E-state index in [0.29, 0.717) is 0 Å². The van der Waals surface area contributed by atoms with Gasteiger partial charge < -0.3 is 9.32 Å². The van der Waals surface area contributed by atoms with Crippen molar-refractivity contribution in [2.75, 3.05) is 4.90 Å². The number of hydrogen-bond acceptors (Lipinski definition) is 2. The predicted octanol–water partition coefficient (Wildman–Crippen LogP) is 16.0. The number of para-hydroxylation sites is 1. The molecule has 59 heavy (non-hydrogen) atoms. The molecule has 0 saturated carbocycles. The molecule has 0 spiro atoms. The van der Waals surface area contributed by atoms with Crippen LogP contribution in [-0.4, -0.2) is 0 Å². The predicted molar refractivity (Wildman–Crippen MR) is 248 cm³/mol. The Kier molecular flexibility index (Phi) is 8.20. The molecule has 0 unspecified atom stereocenters. The van der Waals surface area contributed by atoms with Gasteiger partial charge >= 0.3 is 0 Å². The summed E-state index contributed by atoms with van der Waals surface area (Å²) in [6.07, 6.45) is 0. The van der Waals surface area contributed by atoms with Crippen molar-refractivity contribution in [2.45, 2.75) is 19.3 Å².